The molecule has 1 amide bonds. The van der Waals surface area contributed by atoms with Crippen LogP contribution in [-0.2, 0) is 4.79 Å². The number of hydrogen-bond acceptors (Lipinski definition) is 3. The average Bonchev–Trinajstić information content (AvgIpc) is 3.11. The van der Waals surface area contributed by atoms with Gasteiger partial charge in [0.2, 0.25) is 5.91 Å². The third-order valence-electron chi connectivity index (χ3n) is 3.30. The minimum Gasteiger partial charge on any atom is -0.355 e. The van der Waals surface area contributed by atoms with Crippen LogP contribution in [0.4, 0.5) is 11.4 Å². The largest absolute Gasteiger partial charge is 0.355 e. The van der Waals surface area contributed by atoms with E-state index in [1.165, 1.54) is 12.8 Å². The highest BCUT2D eigenvalue weighted by Crippen LogP contribution is 2.40. The molecular formula is C12H15N3O. The molecule has 1 unspecified atom stereocenters. The fourth-order valence-corrected chi connectivity index (χ4v) is 2.40. The van der Waals surface area contributed by atoms with Crippen molar-refractivity contribution in [3.63, 3.8) is 0 Å². The fraction of sp³-hybridized carbons (Fsp3) is 0.500. The molecule has 84 valence electrons. The standard InChI is InChI=1S/C12H15N3O/c1-2-10-12(16)14-9-7-13-6-5-11(9)15(10)8-3-4-8/h5-8,10H,2-4H2,1H3,(H,14,16). The van der Waals surface area contributed by atoms with Crippen molar-refractivity contribution < 1.29 is 4.79 Å². The molecule has 1 fully saturated rings. The Morgan fingerprint density at radius 3 is 3.06 bits per heavy atom. The van der Waals surface area contributed by atoms with Crippen molar-refractivity contribution in [1.82, 2.24) is 4.98 Å². The molecule has 1 aromatic rings. The molecule has 0 spiro atoms. The number of nitrogens with one attached hydrogen (secondary N) is 1. The summed E-state index contributed by atoms with van der Waals surface area (Å²) < 4.78 is 0. The molecule has 0 bridgehead atoms. The average molecular weight is 217 g/mol. The van der Waals surface area contributed by atoms with E-state index in [1.807, 2.05) is 6.07 Å². The number of hydrogen-bond donors (Lipinski definition) is 1. The van der Waals surface area contributed by atoms with Gasteiger partial charge in [0, 0.05) is 12.2 Å². The second kappa shape index (κ2) is 3.47. The van der Waals surface area contributed by atoms with Crippen LogP contribution in [0.3, 0.4) is 0 Å². The van der Waals surface area contributed by atoms with Crippen molar-refractivity contribution in [2.45, 2.75) is 38.3 Å². The summed E-state index contributed by atoms with van der Waals surface area (Å²) in [5, 5.41) is 2.93. The van der Waals surface area contributed by atoms with Gasteiger partial charge in [0.05, 0.1) is 17.6 Å². The predicted octanol–water partition coefficient (Wildman–Crippen LogP) is 1.78. The molecule has 2 heterocycles. The van der Waals surface area contributed by atoms with Gasteiger partial charge >= 0.3 is 0 Å². The number of aromatic nitrogens is 1. The van der Waals surface area contributed by atoms with Crippen LogP contribution in [-0.4, -0.2) is 23.0 Å². The summed E-state index contributed by atoms with van der Waals surface area (Å²) in [4.78, 5) is 18.3. The number of nitrogens with zero attached hydrogens (tertiary/aromatic N) is 2. The van der Waals surface area contributed by atoms with E-state index in [2.05, 4.69) is 22.1 Å². The lowest BCUT2D eigenvalue weighted by molar-refractivity contribution is -0.117. The maximum atomic E-state index is 12.0. The van der Waals surface area contributed by atoms with Gasteiger partial charge in [0.15, 0.2) is 0 Å². The molecule has 1 saturated carbocycles. The van der Waals surface area contributed by atoms with Gasteiger partial charge < -0.3 is 10.2 Å². The van der Waals surface area contributed by atoms with Gasteiger partial charge in [-0.2, -0.15) is 0 Å². The lowest BCUT2D eigenvalue weighted by Crippen LogP contribution is -2.48. The van der Waals surface area contributed by atoms with Crippen molar-refractivity contribution in [2.75, 3.05) is 10.2 Å². The molecule has 1 aromatic heterocycles. The lowest BCUT2D eigenvalue weighted by atomic mass is 10.1. The highest BCUT2D eigenvalue weighted by molar-refractivity contribution is 6.03. The molecule has 1 N–H and O–H groups in total. The van der Waals surface area contributed by atoms with Crippen molar-refractivity contribution in [2.24, 2.45) is 0 Å². The third-order valence-corrected chi connectivity index (χ3v) is 3.30. The number of carbonyl (C=O) groups is 1. The minimum absolute atomic E-state index is 0.0117. The Labute approximate surface area is 94.7 Å². The van der Waals surface area contributed by atoms with Crippen molar-refractivity contribution >= 4 is 17.3 Å². The topological polar surface area (TPSA) is 45.2 Å². The summed E-state index contributed by atoms with van der Waals surface area (Å²) in [6.07, 6.45) is 6.77. The number of rotatable bonds is 2. The van der Waals surface area contributed by atoms with Crippen LogP contribution in [0.2, 0.25) is 0 Å². The van der Waals surface area contributed by atoms with E-state index in [-0.39, 0.29) is 11.9 Å². The van der Waals surface area contributed by atoms with Gasteiger partial charge in [-0.3, -0.25) is 9.78 Å². The molecule has 0 radical (unpaired) electrons. The van der Waals surface area contributed by atoms with Crippen LogP contribution in [0.5, 0.6) is 0 Å². The first-order valence-electron chi connectivity index (χ1n) is 5.84. The number of fused-ring (bicyclic) bond motifs is 1. The first kappa shape index (κ1) is 9.63. The SMILES string of the molecule is CCC1C(=O)Nc2cnccc2N1C1CC1. The normalized spacial score (nSPS) is 23.9. The Hall–Kier alpha value is -1.58. The third kappa shape index (κ3) is 1.37. The maximum absolute atomic E-state index is 12.0. The molecule has 0 aromatic carbocycles. The Morgan fingerprint density at radius 2 is 2.38 bits per heavy atom. The van der Waals surface area contributed by atoms with E-state index in [0.717, 1.165) is 17.8 Å². The number of anilines is 2. The van der Waals surface area contributed by atoms with E-state index >= 15 is 0 Å². The highest BCUT2D eigenvalue weighted by Gasteiger charge is 2.40. The predicted molar refractivity (Wildman–Crippen MR) is 62.4 cm³/mol. The van der Waals surface area contributed by atoms with Gasteiger partial charge in [-0.25, -0.2) is 0 Å². The molecule has 2 aliphatic rings. The zero-order valence-electron chi connectivity index (χ0n) is 9.31. The summed E-state index contributed by atoms with van der Waals surface area (Å²) in [7, 11) is 0. The monoisotopic (exact) mass is 217 g/mol. The molecular weight excluding hydrogens is 202 g/mol. The molecule has 3 rings (SSSR count). The van der Waals surface area contributed by atoms with Crippen molar-refractivity contribution in [1.29, 1.82) is 0 Å². The Kier molecular flexibility index (Phi) is 2.09. The van der Waals surface area contributed by atoms with Crippen LogP contribution in [0.15, 0.2) is 18.5 Å². The Morgan fingerprint density at radius 1 is 1.56 bits per heavy atom. The van der Waals surface area contributed by atoms with Gasteiger partial charge in [0.1, 0.15) is 6.04 Å². The van der Waals surface area contributed by atoms with Crippen molar-refractivity contribution in [3.8, 4) is 0 Å². The summed E-state index contributed by atoms with van der Waals surface area (Å²) in [5.41, 5.74) is 1.98. The van der Waals surface area contributed by atoms with E-state index < -0.39 is 0 Å². The number of amides is 1. The van der Waals surface area contributed by atoms with E-state index in [1.54, 1.807) is 12.4 Å². The summed E-state index contributed by atoms with van der Waals surface area (Å²) in [5.74, 6) is 0.106. The zero-order chi connectivity index (χ0) is 11.1. The molecule has 0 saturated heterocycles. The Balaban J connectivity index is 2.06. The van der Waals surface area contributed by atoms with Crippen LogP contribution < -0.4 is 10.2 Å². The summed E-state index contributed by atoms with van der Waals surface area (Å²) in [6.45, 7) is 2.06. The van der Waals surface area contributed by atoms with Crippen LogP contribution in [0.25, 0.3) is 0 Å². The second-order valence-corrected chi connectivity index (χ2v) is 4.44. The minimum atomic E-state index is -0.0117. The molecule has 4 nitrogen and oxygen atoms in total. The van der Waals surface area contributed by atoms with Gasteiger partial charge in [-0.05, 0) is 25.3 Å². The molecule has 16 heavy (non-hydrogen) atoms. The molecule has 1 aliphatic heterocycles. The van der Waals surface area contributed by atoms with Gasteiger partial charge in [0.25, 0.3) is 0 Å². The van der Waals surface area contributed by atoms with Gasteiger partial charge in [-0.15, -0.1) is 0 Å². The van der Waals surface area contributed by atoms with E-state index in [4.69, 9.17) is 0 Å². The molecule has 4 heteroatoms. The molecule has 1 atom stereocenters. The Bertz CT molecular complexity index is 428. The highest BCUT2D eigenvalue weighted by atomic mass is 16.2. The van der Waals surface area contributed by atoms with Gasteiger partial charge in [-0.1, -0.05) is 6.92 Å². The van der Waals surface area contributed by atoms with Crippen LogP contribution >= 0.6 is 0 Å². The quantitative estimate of drug-likeness (QED) is 0.821. The first-order valence-corrected chi connectivity index (χ1v) is 5.84. The maximum Gasteiger partial charge on any atom is 0.247 e. The fourth-order valence-electron chi connectivity index (χ4n) is 2.40. The van der Waals surface area contributed by atoms with Crippen molar-refractivity contribution in [3.05, 3.63) is 18.5 Å². The second-order valence-electron chi connectivity index (χ2n) is 4.44. The van der Waals surface area contributed by atoms with Crippen LogP contribution in [0, 0.1) is 0 Å². The first-order chi connectivity index (χ1) is 7.81. The zero-order valence-corrected chi connectivity index (χ0v) is 9.31. The van der Waals surface area contributed by atoms with Crippen LogP contribution in [0.1, 0.15) is 26.2 Å². The summed E-state index contributed by atoms with van der Waals surface area (Å²) >= 11 is 0. The lowest BCUT2D eigenvalue weighted by Gasteiger charge is -2.37. The smallest absolute Gasteiger partial charge is 0.247 e. The number of pyridine rings is 1. The summed E-state index contributed by atoms with van der Waals surface area (Å²) in [6, 6.07) is 2.54. The van der Waals surface area contributed by atoms with E-state index in [0.29, 0.717) is 6.04 Å². The molecule has 1 aliphatic carbocycles. The van der Waals surface area contributed by atoms with E-state index in [9.17, 15) is 4.79 Å². The number of carbonyl (C=O) groups excluding carboxylic acids is 1.